The van der Waals surface area contributed by atoms with Crippen LogP contribution in [0.15, 0.2) is 18.2 Å². The fraction of sp³-hybridized carbons (Fsp3) is 0.625. The van der Waals surface area contributed by atoms with Crippen LogP contribution in [0.3, 0.4) is 0 Å². The summed E-state index contributed by atoms with van der Waals surface area (Å²) in [5, 5.41) is 0.124. The van der Waals surface area contributed by atoms with Gasteiger partial charge in [0.1, 0.15) is 0 Å². The van der Waals surface area contributed by atoms with Gasteiger partial charge in [-0.15, -0.1) is 11.6 Å². The standard InChI is InChI=1S/C16H21ClO2/c1-2-19-15-5-11(6-15)7-16(17)12-3-4-13-9-18-10-14(13)8-12/h3-4,8,11,15-16H,2,5-7,9-10H2,1H3. The van der Waals surface area contributed by atoms with Crippen molar-refractivity contribution in [3.05, 3.63) is 34.9 Å². The van der Waals surface area contributed by atoms with E-state index in [0.29, 0.717) is 6.10 Å². The third kappa shape index (κ3) is 2.96. The van der Waals surface area contributed by atoms with Gasteiger partial charge in [-0.1, -0.05) is 18.2 Å². The normalized spacial score (nSPS) is 26.8. The van der Waals surface area contributed by atoms with E-state index in [1.165, 1.54) is 29.5 Å². The van der Waals surface area contributed by atoms with E-state index in [1.54, 1.807) is 0 Å². The van der Waals surface area contributed by atoms with Crippen molar-refractivity contribution >= 4 is 11.6 Å². The molecular formula is C16H21ClO2. The van der Waals surface area contributed by atoms with Crippen molar-refractivity contribution in [1.82, 2.24) is 0 Å². The summed E-state index contributed by atoms with van der Waals surface area (Å²) in [6.45, 7) is 4.38. The summed E-state index contributed by atoms with van der Waals surface area (Å²) >= 11 is 6.56. The first-order chi connectivity index (χ1) is 9.26. The lowest BCUT2D eigenvalue weighted by Gasteiger charge is -2.36. The summed E-state index contributed by atoms with van der Waals surface area (Å²) in [4.78, 5) is 0. The van der Waals surface area contributed by atoms with E-state index in [1.807, 2.05) is 0 Å². The van der Waals surface area contributed by atoms with Gasteiger partial charge in [-0.2, -0.15) is 0 Å². The summed E-state index contributed by atoms with van der Waals surface area (Å²) < 4.78 is 11.0. The van der Waals surface area contributed by atoms with Crippen LogP contribution in [0.1, 0.15) is 48.3 Å². The van der Waals surface area contributed by atoms with Gasteiger partial charge in [0.2, 0.25) is 0 Å². The number of hydrogen-bond acceptors (Lipinski definition) is 2. The first-order valence-corrected chi connectivity index (χ1v) is 7.65. The predicted molar refractivity (Wildman–Crippen MR) is 76.3 cm³/mol. The highest BCUT2D eigenvalue weighted by molar-refractivity contribution is 6.20. The second-order valence-electron chi connectivity index (χ2n) is 5.64. The number of halogens is 1. The third-order valence-corrected chi connectivity index (χ3v) is 4.67. The molecule has 104 valence electrons. The highest BCUT2D eigenvalue weighted by Crippen LogP contribution is 2.40. The van der Waals surface area contributed by atoms with E-state index in [2.05, 4.69) is 25.1 Å². The van der Waals surface area contributed by atoms with Crippen molar-refractivity contribution in [2.24, 2.45) is 5.92 Å². The highest BCUT2D eigenvalue weighted by Gasteiger charge is 2.31. The summed E-state index contributed by atoms with van der Waals surface area (Å²) in [5.74, 6) is 0.726. The van der Waals surface area contributed by atoms with Gasteiger partial charge >= 0.3 is 0 Å². The average Bonchev–Trinajstić information content (AvgIpc) is 2.83. The molecular weight excluding hydrogens is 260 g/mol. The number of rotatable bonds is 5. The Bertz CT molecular complexity index is 440. The number of hydrogen-bond donors (Lipinski definition) is 0. The van der Waals surface area contributed by atoms with Crippen LogP contribution in [0, 0.1) is 5.92 Å². The van der Waals surface area contributed by atoms with Crippen LogP contribution in [0.2, 0.25) is 0 Å². The third-order valence-electron chi connectivity index (χ3n) is 4.24. The Morgan fingerprint density at radius 3 is 2.89 bits per heavy atom. The average molecular weight is 281 g/mol. The van der Waals surface area contributed by atoms with Crippen molar-refractivity contribution in [3.8, 4) is 0 Å². The Morgan fingerprint density at radius 2 is 2.11 bits per heavy atom. The Labute approximate surface area is 120 Å². The van der Waals surface area contributed by atoms with Gasteiger partial charge in [0.05, 0.1) is 24.7 Å². The minimum atomic E-state index is 0.124. The molecule has 0 saturated heterocycles. The molecule has 1 heterocycles. The minimum Gasteiger partial charge on any atom is -0.378 e. The molecule has 1 fully saturated rings. The summed E-state index contributed by atoms with van der Waals surface area (Å²) in [6.07, 6.45) is 3.88. The molecule has 1 saturated carbocycles. The smallest absolute Gasteiger partial charge is 0.0725 e. The topological polar surface area (TPSA) is 18.5 Å². The molecule has 0 N–H and O–H groups in total. The number of ether oxygens (including phenoxy) is 2. The van der Waals surface area contributed by atoms with Crippen molar-refractivity contribution in [2.75, 3.05) is 6.61 Å². The van der Waals surface area contributed by atoms with Crippen molar-refractivity contribution in [3.63, 3.8) is 0 Å². The van der Waals surface area contributed by atoms with Gasteiger partial charge < -0.3 is 9.47 Å². The lowest BCUT2D eigenvalue weighted by atomic mass is 9.78. The molecule has 3 rings (SSSR count). The van der Waals surface area contributed by atoms with Gasteiger partial charge in [-0.05, 0) is 48.8 Å². The van der Waals surface area contributed by atoms with Crippen molar-refractivity contribution in [2.45, 2.75) is 50.9 Å². The molecule has 1 aliphatic heterocycles. The van der Waals surface area contributed by atoms with Crippen LogP contribution >= 0.6 is 11.6 Å². The maximum Gasteiger partial charge on any atom is 0.0725 e. The molecule has 1 aromatic rings. The van der Waals surface area contributed by atoms with E-state index in [-0.39, 0.29) is 5.38 Å². The first-order valence-electron chi connectivity index (χ1n) is 7.21. The fourth-order valence-electron chi connectivity index (χ4n) is 3.05. The second kappa shape index (κ2) is 5.82. The van der Waals surface area contributed by atoms with Crippen LogP contribution in [-0.4, -0.2) is 12.7 Å². The van der Waals surface area contributed by atoms with Gasteiger partial charge in [0, 0.05) is 6.61 Å². The maximum atomic E-state index is 6.56. The molecule has 19 heavy (non-hydrogen) atoms. The fourth-order valence-corrected chi connectivity index (χ4v) is 3.44. The monoisotopic (exact) mass is 280 g/mol. The largest absolute Gasteiger partial charge is 0.378 e. The van der Waals surface area contributed by atoms with E-state index in [0.717, 1.165) is 32.2 Å². The molecule has 1 aliphatic carbocycles. The molecule has 0 bridgehead atoms. The van der Waals surface area contributed by atoms with Crippen LogP contribution in [0.5, 0.6) is 0 Å². The SMILES string of the molecule is CCOC1CC(CC(Cl)c2ccc3c(c2)COC3)C1. The predicted octanol–water partition coefficient (Wildman–Crippen LogP) is 4.20. The molecule has 1 atom stereocenters. The molecule has 3 heteroatoms. The molecule has 1 aromatic carbocycles. The number of alkyl halides is 1. The molecule has 0 radical (unpaired) electrons. The van der Waals surface area contributed by atoms with Crippen molar-refractivity contribution < 1.29 is 9.47 Å². The molecule has 1 unspecified atom stereocenters. The summed E-state index contributed by atoms with van der Waals surface area (Å²) in [6, 6.07) is 6.54. The molecule has 2 nitrogen and oxygen atoms in total. The Hall–Kier alpha value is -0.570. The Morgan fingerprint density at radius 1 is 1.32 bits per heavy atom. The van der Waals surface area contributed by atoms with E-state index in [4.69, 9.17) is 21.1 Å². The Kier molecular flexibility index (Phi) is 4.11. The van der Waals surface area contributed by atoms with Crippen LogP contribution in [-0.2, 0) is 22.7 Å². The van der Waals surface area contributed by atoms with E-state index < -0.39 is 0 Å². The second-order valence-corrected chi connectivity index (χ2v) is 6.17. The molecule has 0 spiro atoms. The minimum absolute atomic E-state index is 0.124. The highest BCUT2D eigenvalue weighted by atomic mass is 35.5. The van der Waals surface area contributed by atoms with Crippen LogP contribution in [0.4, 0.5) is 0 Å². The van der Waals surface area contributed by atoms with Gasteiger partial charge in [0.15, 0.2) is 0 Å². The number of fused-ring (bicyclic) bond motifs is 1. The van der Waals surface area contributed by atoms with Crippen LogP contribution in [0.25, 0.3) is 0 Å². The summed E-state index contributed by atoms with van der Waals surface area (Å²) in [7, 11) is 0. The van der Waals surface area contributed by atoms with E-state index in [9.17, 15) is 0 Å². The zero-order valence-electron chi connectivity index (χ0n) is 11.4. The van der Waals surface area contributed by atoms with Crippen LogP contribution < -0.4 is 0 Å². The van der Waals surface area contributed by atoms with Gasteiger partial charge in [-0.3, -0.25) is 0 Å². The van der Waals surface area contributed by atoms with Crippen molar-refractivity contribution in [1.29, 1.82) is 0 Å². The summed E-state index contributed by atoms with van der Waals surface area (Å²) in [5.41, 5.74) is 3.86. The Balaban J connectivity index is 1.55. The quantitative estimate of drug-likeness (QED) is 0.753. The van der Waals surface area contributed by atoms with E-state index >= 15 is 0 Å². The van der Waals surface area contributed by atoms with Gasteiger partial charge in [0.25, 0.3) is 0 Å². The molecule has 0 amide bonds. The molecule has 2 aliphatic rings. The lowest BCUT2D eigenvalue weighted by Crippen LogP contribution is -2.31. The number of benzene rings is 1. The lowest BCUT2D eigenvalue weighted by molar-refractivity contribution is -0.0267. The maximum absolute atomic E-state index is 6.56. The zero-order valence-corrected chi connectivity index (χ0v) is 12.2. The molecule has 0 aromatic heterocycles. The zero-order chi connectivity index (χ0) is 13.2. The van der Waals surface area contributed by atoms with Gasteiger partial charge in [-0.25, -0.2) is 0 Å². The first kappa shape index (κ1) is 13.4.